The van der Waals surface area contributed by atoms with Crippen molar-refractivity contribution in [2.24, 2.45) is 5.92 Å². The molecule has 0 fully saturated rings. The zero-order valence-electron chi connectivity index (χ0n) is 9.65. The van der Waals surface area contributed by atoms with Gasteiger partial charge in [0.1, 0.15) is 12.6 Å². The van der Waals surface area contributed by atoms with Crippen LogP contribution in [0.2, 0.25) is 0 Å². The van der Waals surface area contributed by atoms with Gasteiger partial charge in [0.05, 0.1) is 13.2 Å². The van der Waals surface area contributed by atoms with Gasteiger partial charge in [-0.2, -0.15) is 5.26 Å². The van der Waals surface area contributed by atoms with Crippen LogP contribution in [-0.4, -0.2) is 38.7 Å². The van der Waals surface area contributed by atoms with Gasteiger partial charge in [-0.3, -0.25) is 4.79 Å². The minimum atomic E-state index is -0.813. The Hall–Kier alpha value is -1.61. The number of carbonyl (C=O) groups is 2. The summed E-state index contributed by atoms with van der Waals surface area (Å²) in [5.74, 6) is -1.28. The predicted octanol–water partition coefficient (Wildman–Crippen LogP) is -0.160. The van der Waals surface area contributed by atoms with Crippen molar-refractivity contribution < 1.29 is 19.1 Å². The summed E-state index contributed by atoms with van der Waals surface area (Å²) in [4.78, 5) is 22.6. The number of nitrogens with one attached hydrogen (secondary N) is 1. The lowest BCUT2D eigenvalue weighted by Gasteiger charge is -2.20. The number of nitriles is 1. The van der Waals surface area contributed by atoms with Crippen LogP contribution < -0.4 is 5.32 Å². The summed E-state index contributed by atoms with van der Waals surface area (Å²) in [6.45, 7) is 1.56. The highest BCUT2D eigenvalue weighted by atomic mass is 16.5. The van der Waals surface area contributed by atoms with E-state index in [-0.39, 0.29) is 18.9 Å². The molecular weight excluding hydrogens is 212 g/mol. The first kappa shape index (κ1) is 14.4. The molecule has 0 saturated carbocycles. The highest BCUT2D eigenvalue weighted by Gasteiger charge is 2.27. The lowest BCUT2D eigenvalue weighted by Crippen LogP contribution is -2.46. The van der Waals surface area contributed by atoms with Crippen molar-refractivity contribution >= 4 is 11.9 Å². The van der Waals surface area contributed by atoms with E-state index in [1.165, 1.54) is 14.2 Å². The molecule has 0 aliphatic carbocycles. The van der Waals surface area contributed by atoms with Crippen LogP contribution in [0.1, 0.15) is 13.3 Å². The standard InChI is InChI=1S/C10H16N2O4/c1-7(4-5-11)9(10(14)16-3)12-8(13)6-15-2/h7,9H,4,6H2,1-3H3,(H,12,13)/t7-,9+/m0/s1. The molecular formula is C10H16N2O4. The largest absolute Gasteiger partial charge is 0.467 e. The number of nitrogens with zero attached hydrogens (tertiary/aromatic N) is 1. The van der Waals surface area contributed by atoms with Crippen LogP contribution in [0, 0.1) is 17.2 Å². The van der Waals surface area contributed by atoms with Gasteiger partial charge in [0.25, 0.3) is 0 Å². The van der Waals surface area contributed by atoms with E-state index in [1.807, 2.05) is 6.07 Å². The SMILES string of the molecule is COCC(=O)N[C@@H](C(=O)OC)[C@@H](C)CC#N. The number of ether oxygens (including phenoxy) is 2. The van der Waals surface area contributed by atoms with Gasteiger partial charge in [0.15, 0.2) is 0 Å². The van der Waals surface area contributed by atoms with E-state index >= 15 is 0 Å². The molecule has 16 heavy (non-hydrogen) atoms. The molecule has 0 radical (unpaired) electrons. The minimum Gasteiger partial charge on any atom is -0.467 e. The van der Waals surface area contributed by atoms with E-state index in [1.54, 1.807) is 6.92 Å². The van der Waals surface area contributed by atoms with Crippen LogP contribution in [0.5, 0.6) is 0 Å². The molecule has 6 nitrogen and oxygen atoms in total. The fourth-order valence-corrected chi connectivity index (χ4v) is 1.17. The molecule has 0 aromatic rings. The van der Waals surface area contributed by atoms with Crippen molar-refractivity contribution in [3.05, 3.63) is 0 Å². The third-order valence-electron chi connectivity index (χ3n) is 2.03. The molecule has 0 saturated heterocycles. The topological polar surface area (TPSA) is 88.4 Å². The van der Waals surface area contributed by atoms with Crippen molar-refractivity contribution in [2.45, 2.75) is 19.4 Å². The molecule has 90 valence electrons. The molecule has 0 unspecified atom stereocenters. The maximum absolute atomic E-state index is 11.4. The Morgan fingerprint density at radius 3 is 2.50 bits per heavy atom. The molecule has 0 rings (SSSR count). The Kier molecular flexibility index (Phi) is 6.88. The van der Waals surface area contributed by atoms with Crippen LogP contribution in [0.15, 0.2) is 0 Å². The predicted molar refractivity (Wildman–Crippen MR) is 55.2 cm³/mol. The van der Waals surface area contributed by atoms with Gasteiger partial charge in [-0.05, 0) is 0 Å². The van der Waals surface area contributed by atoms with Gasteiger partial charge in [-0.15, -0.1) is 0 Å². The summed E-state index contributed by atoms with van der Waals surface area (Å²) in [7, 11) is 2.61. The number of amides is 1. The first-order chi connectivity index (χ1) is 7.56. The van der Waals surface area contributed by atoms with Crippen LogP contribution >= 0.6 is 0 Å². The number of esters is 1. The first-order valence-corrected chi connectivity index (χ1v) is 4.79. The van der Waals surface area contributed by atoms with E-state index < -0.39 is 17.9 Å². The lowest BCUT2D eigenvalue weighted by molar-refractivity contribution is -0.147. The third kappa shape index (κ3) is 4.75. The van der Waals surface area contributed by atoms with E-state index in [2.05, 4.69) is 14.8 Å². The van der Waals surface area contributed by atoms with Gasteiger partial charge in [0.2, 0.25) is 5.91 Å². The molecule has 6 heteroatoms. The molecule has 2 atom stereocenters. The highest BCUT2D eigenvalue weighted by molar-refractivity contribution is 5.85. The molecule has 0 aliphatic heterocycles. The molecule has 0 aliphatic rings. The number of hydrogen-bond acceptors (Lipinski definition) is 5. The summed E-state index contributed by atoms with van der Waals surface area (Å²) >= 11 is 0. The molecule has 0 bridgehead atoms. The average Bonchev–Trinajstić information content (AvgIpc) is 2.25. The Labute approximate surface area is 94.5 Å². The molecule has 0 heterocycles. The summed E-state index contributed by atoms with van der Waals surface area (Å²) in [5.41, 5.74) is 0. The van der Waals surface area contributed by atoms with Gasteiger partial charge < -0.3 is 14.8 Å². The van der Waals surface area contributed by atoms with Gasteiger partial charge in [0, 0.05) is 19.4 Å². The quantitative estimate of drug-likeness (QED) is 0.638. The van der Waals surface area contributed by atoms with Crippen molar-refractivity contribution in [1.82, 2.24) is 5.32 Å². The second-order valence-corrected chi connectivity index (χ2v) is 3.34. The maximum atomic E-state index is 11.4. The van der Waals surface area contributed by atoms with Crippen molar-refractivity contribution in [1.29, 1.82) is 5.26 Å². The molecule has 0 aromatic carbocycles. The number of methoxy groups -OCH3 is 2. The number of rotatable bonds is 6. The van der Waals surface area contributed by atoms with Gasteiger partial charge in [-0.1, -0.05) is 6.92 Å². The average molecular weight is 228 g/mol. The van der Waals surface area contributed by atoms with Crippen LogP contribution in [0.3, 0.4) is 0 Å². The third-order valence-corrected chi connectivity index (χ3v) is 2.03. The Morgan fingerprint density at radius 2 is 2.06 bits per heavy atom. The smallest absolute Gasteiger partial charge is 0.328 e. The first-order valence-electron chi connectivity index (χ1n) is 4.79. The van der Waals surface area contributed by atoms with E-state index in [4.69, 9.17) is 5.26 Å². The second-order valence-electron chi connectivity index (χ2n) is 3.34. The van der Waals surface area contributed by atoms with Crippen molar-refractivity contribution in [2.75, 3.05) is 20.8 Å². The van der Waals surface area contributed by atoms with E-state index in [0.717, 1.165) is 0 Å². The molecule has 0 aromatic heterocycles. The van der Waals surface area contributed by atoms with E-state index in [0.29, 0.717) is 0 Å². The normalized spacial score (nSPS) is 13.4. The van der Waals surface area contributed by atoms with Gasteiger partial charge >= 0.3 is 5.97 Å². The summed E-state index contributed by atoms with van der Waals surface area (Å²) in [6.07, 6.45) is 0.160. The van der Waals surface area contributed by atoms with Crippen LogP contribution in [0.25, 0.3) is 0 Å². The Balaban J connectivity index is 4.49. The Morgan fingerprint density at radius 1 is 1.44 bits per heavy atom. The summed E-state index contributed by atoms with van der Waals surface area (Å²) in [5, 5.41) is 11.0. The van der Waals surface area contributed by atoms with Crippen LogP contribution in [-0.2, 0) is 19.1 Å². The van der Waals surface area contributed by atoms with Gasteiger partial charge in [-0.25, -0.2) is 4.79 Å². The molecule has 1 N–H and O–H groups in total. The summed E-state index contributed by atoms with van der Waals surface area (Å²) in [6, 6.07) is 1.13. The molecule has 1 amide bonds. The van der Waals surface area contributed by atoms with Crippen molar-refractivity contribution in [3.8, 4) is 6.07 Å². The Bertz CT molecular complexity index is 285. The van der Waals surface area contributed by atoms with Crippen LogP contribution in [0.4, 0.5) is 0 Å². The zero-order valence-corrected chi connectivity index (χ0v) is 9.65. The van der Waals surface area contributed by atoms with E-state index in [9.17, 15) is 9.59 Å². The molecule has 0 spiro atoms. The summed E-state index contributed by atoms with van der Waals surface area (Å²) < 4.78 is 9.18. The number of carbonyl (C=O) groups excluding carboxylic acids is 2. The van der Waals surface area contributed by atoms with Crippen molar-refractivity contribution in [3.63, 3.8) is 0 Å². The lowest BCUT2D eigenvalue weighted by atomic mass is 9.99. The highest BCUT2D eigenvalue weighted by Crippen LogP contribution is 2.09. The zero-order chi connectivity index (χ0) is 12.6. The monoisotopic (exact) mass is 228 g/mol. The second kappa shape index (κ2) is 7.65. The minimum absolute atomic E-state index is 0.132. The fourth-order valence-electron chi connectivity index (χ4n) is 1.17. The maximum Gasteiger partial charge on any atom is 0.328 e. The fraction of sp³-hybridized carbons (Fsp3) is 0.700. The number of hydrogen-bond donors (Lipinski definition) is 1.